The molecule has 2 heterocycles. The van der Waals surface area contributed by atoms with Crippen LogP contribution in [0.5, 0.6) is 0 Å². The van der Waals surface area contributed by atoms with Gasteiger partial charge in [-0.1, -0.05) is 48.5 Å². The highest BCUT2D eigenvalue weighted by Gasteiger charge is 2.58. The number of methoxy groups -OCH3 is 2. The van der Waals surface area contributed by atoms with Gasteiger partial charge in [0.05, 0.1) is 15.7 Å². The minimum atomic E-state index is -3.79. The van der Waals surface area contributed by atoms with Crippen molar-refractivity contribution in [2.45, 2.75) is 29.7 Å². The highest BCUT2D eigenvalue weighted by Crippen LogP contribution is 2.47. The van der Waals surface area contributed by atoms with Crippen LogP contribution in [-0.2, 0) is 30.7 Å². The molecule has 2 bridgehead atoms. The maximum Gasteiger partial charge on any atom is 0.232 e. The number of carbonyl (C=O) groups is 1. The lowest BCUT2D eigenvalue weighted by atomic mass is 9.79. The normalized spacial score (nSPS) is 23.2. The minimum absolute atomic E-state index is 0.132. The number of sulfone groups is 1. The molecule has 2 aliphatic heterocycles. The van der Waals surface area contributed by atoms with Crippen LogP contribution in [0.1, 0.15) is 12.0 Å². The first-order valence-corrected chi connectivity index (χ1v) is 10.9. The number of nitrogens with zero attached hydrogens (tertiary/aromatic N) is 1. The number of rotatable bonds is 6. The van der Waals surface area contributed by atoms with Gasteiger partial charge in [-0.15, -0.1) is 0 Å². The number of piperidine rings is 1. The molecular formula is C22H23NO5S. The van der Waals surface area contributed by atoms with Gasteiger partial charge in [0.25, 0.3) is 0 Å². The molecule has 7 heteroatoms. The van der Waals surface area contributed by atoms with Crippen molar-refractivity contribution in [3.63, 3.8) is 0 Å². The Bertz CT molecular complexity index is 1030. The number of carbonyl (C=O) groups excluding carboxylic acids is 1. The minimum Gasteiger partial charge on any atom is -0.351 e. The molecule has 2 aromatic carbocycles. The number of ether oxygens (including phenoxy) is 2. The summed E-state index contributed by atoms with van der Waals surface area (Å²) < 4.78 is 37.9. The largest absolute Gasteiger partial charge is 0.351 e. The van der Waals surface area contributed by atoms with E-state index in [9.17, 15) is 13.2 Å². The Morgan fingerprint density at radius 2 is 1.59 bits per heavy atom. The van der Waals surface area contributed by atoms with Crippen LogP contribution in [0.2, 0.25) is 0 Å². The highest BCUT2D eigenvalue weighted by molar-refractivity contribution is 7.95. The van der Waals surface area contributed by atoms with Gasteiger partial charge in [0.1, 0.15) is 6.04 Å². The van der Waals surface area contributed by atoms with Crippen LogP contribution in [0.4, 0.5) is 0 Å². The van der Waals surface area contributed by atoms with Crippen LogP contribution in [0.15, 0.2) is 76.5 Å². The van der Waals surface area contributed by atoms with Gasteiger partial charge in [0.15, 0.2) is 5.79 Å². The van der Waals surface area contributed by atoms with E-state index in [-0.39, 0.29) is 22.1 Å². The molecule has 2 aromatic rings. The molecule has 1 aliphatic carbocycles. The van der Waals surface area contributed by atoms with Crippen LogP contribution in [0.3, 0.4) is 0 Å². The van der Waals surface area contributed by atoms with Crippen molar-refractivity contribution in [3.8, 4) is 0 Å². The predicted molar refractivity (Wildman–Crippen MR) is 107 cm³/mol. The van der Waals surface area contributed by atoms with Gasteiger partial charge < -0.3 is 14.4 Å². The average molecular weight is 413 g/mol. The van der Waals surface area contributed by atoms with Crippen LogP contribution in [0.25, 0.3) is 0 Å². The topological polar surface area (TPSA) is 72.9 Å². The highest BCUT2D eigenvalue weighted by atomic mass is 32.2. The summed E-state index contributed by atoms with van der Waals surface area (Å²) >= 11 is 0. The van der Waals surface area contributed by atoms with E-state index in [4.69, 9.17) is 9.47 Å². The van der Waals surface area contributed by atoms with Crippen molar-refractivity contribution in [1.29, 1.82) is 0 Å². The van der Waals surface area contributed by atoms with Gasteiger partial charge in [-0.3, -0.25) is 4.79 Å². The van der Waals surface area contributed by atoms with Crippen molar-refractivity contribution in [2.24, 2.45) is 5.92 Å². The van der Waals surface area contributed by atoms with Gasteiger partial charge in [0.2, 0.25) is 15.7 Å². The molecule has 0 unspecified atom stereocenters. The number of amides is 1. The van der Waals surface area contributed by atoms with Crippen LogP contribution in [-0.4, -0.2) is 45.3 Å². The number of fused-ring (bicyclic) bond motifs is 2. The molecule has 152 valence electrons. The molecule has 6 nitrogen and oxygen atoms in total. The summed E-state index contributed by atoms with van der Waals surface area (Å²) in [5.41, 5.74) is 0.954. The Morgan fingerprint density at radius 1 is 1.00 bits per heavy atom. The van der Waals surface area contributed by atoms with E-state index in [0.29, 0.717) is 6.54 Å². The van der Waals surface area contributed by atoms with E-state index in [2.05, 4.69) is 0 Å². The fourth-order valence-corrected chi connectivity index (χ4v) is 5.89. The molecular weight excluding hydrogens is 390 g/mol. The van der Waals surface area contributed by atoms with Crippen molar-refractivity contribution < 1.29 is 22.7 Å². The average Bonchev–Trinajstić information content (AvgIpc) is 2.77. The SMILES string of the molecule is COC1(OC)C[C@H]2C(=O)N(Cc3ccccc3)[C@@H]1C=C2S(=O)(=O)c1ccccc1. The van der Waals surface area contributed by atoms with Gasteiger partial charge in [-0.2, -0.15) is 0 Å². The third-order valence-corrected chi connectivity index (χ3v) is 7.71. The zero-order valence-electron chi connectivity index (χ0n) is 16.3. The van der Waals surface area contributed by atoms with Crippen LogP contribution >= 0.6 is 0 Å². The Morgan fingerprint density at radius 3 is 2.17 bits per heavy atom. The maximum atomic E-state index is 13.3. The standard InChI is InChI=1S/C22H23NO5S/c1-27-22(28-2)14-18-19(29(25,26)17-11-7-4-8-12-17)13-20(22)23(21(18)24)15-16-9-5-3-6-10-16/h3-13,18,20H,14-15H2,1-2H3/t18-,20-/m1/s1. The van der Waals surface area contributed by atoms with Crippen molar-refractivity contribution >= 4 is 15.7 Å². The molecule has 3 aliphatic rings. The summed E-state index contributed by atoms with van der Waals surface area (Å²) in [4.78, 5) is 15.3. The van der Waals surface area contributed by atoms with Gasteiger partial charge in [-0.25, -0.2) is 8.42 Å². The predicted octanol–water partition coefficient (Wildman–Crippen LogP) is 2.76. The Kier molecular flexibility index (Phi) is 5.06. The third-order valence-electron chi connectivity index (χ3n) is 5.77. The number of benzene rings is 2. The van der Waals surface area contributed by atoms with Crippen molar-refractivity contribution in [1.82, 2.24) is 4.90 Å². The molecule has 0 aromatic heterocycles. The molecule has 1 amide bonds. The Hall–Kier alpha value is -2.48. The van der Waals surface area contributed by atoms with Gasteiger partial charge in [0, 0.05) is 27.2 Å². The quantitative estimate of drug-likeness (QED) is 0.681. The smallest absolute Gasteiger partial charge is 0.232 e. The zero-order valence-corrected chi connectivity index (χ0v) is 17.1. The lowest BCUT2D eigenvalue weighted by Gasteiger charge is -2.52. The van der Waals surface area contributed by atoms with E-state index in [1.54, 1.807) is 41.3 Å². The summed E-state index contributed by atoms with van der Waals surface area (Å²) in [6.07, 6.45) is 1.79. The van der Waals surface area contributed by atoms with Crippen molar-refractivity contribution in [2.75, 3.05) is 14.2 Å². The molecule has 29 heavy (non-hydrogen) atoms. The van der Waals surface area contributed by atoms with Gasteiger partial charge >= 0.3 is 0 Å². The molecule has 0 radical (unpaired) electrons. The second kappa shape index (κ2) is 7.40. The fraction of sp³-hybridized carbons (Fsp3) is 0.318. The number of hydrogen-bond acceptors (Lipinski definition) is 5. The van der Waals surface area contributed by atoms with Crippen molar-refractivity contribution in [3.05, 3.63) is 77.2 Å². The van der Waals surface area contributed by atoms with E-state index in [1.165, 1.54) is 14.2 Å². The molecule has 5 rings (SSSR count). The van der Waals surface area contributed by atoms with E-state index in [1.807, 2.05) is 30.3 Å². The molecule has 2 atom stereocenters. The van der Waals surface area contributed by atoms with Gasteiger partial charge in [-0.05, 0) is 23.8 Å². The summed E-state index contributed by atoms with van der Waals surface area (Å²) in [7, 11) is -0.741. The first-order chi connectivity index (χ1) is 13.9. The van der Waals surface area contributed by atoms with E-state index >= 15 is 0 Å². The van der Waals surface area contributed by atoms with E-state index < -0.39 is 27.6 Å². The summed E-state index contributed by atoms with van der Waals surface area (Å²) in [6.45, 7) is 0.352. The molecule has 1 fully saturated rings. The molecule has 0 spiro atoms. The monoisotopic (exact) mass is 413 g/mol. The lowest BCUT2D eigenvalue weighted by Crippen LogP contribution is -2.65. The Balaban J connectivity index is 1.80. The lowest BCUT2D eigenvalue weighted by molar-refractivity contribution is -0.258. The summed E-state index contributed by atoms with van der Waals surface area (Å²) in [6, 6.07) is 17.1. The molecule has 0 N–H and O–H groups in total. The first kappa shape index (κ1) is 19.8. The fourth-order valence-electron chi connectivity index (χ4n) is 4.24. The Labute approximate surface area is 170 Å². The second-order valence-corrected chi connectivity index (χ2v) is 9.21. The van der Waals surface area contributed by atoms with E-state index in [0.717, 1.165) is 5.56 Å². The summed E-state index contributed by atoms with van der Waals surface area (Å²) in [5, 5.41) is 0. The summed E-state index contributed by atoms with van der Waals surface area (Å²) in [5.74, 6) is -2.15. The second-order valence-electron chi connectivity index (χ2n) is 7.26. The first-order valence-electron chi connectivity index (χ1n) is 9.39. The third kappa shape index (κ3) is 3.19. The zero-order chi connectivity index (χ0) is 20.6. The van der Waals surface area contributed by atoms with Crippen LogP contribution < -0.4 is 0 Å². The number of hydrogen-bond donors (Lipinski definition) is 0. The molecule has 0 saturated carbocycles. The van der Waals surface area contributed by atoms with Crippen LogP contribution in [0, 0.1) is 5.92 Å². The molecule has 1 saturated heterocycles. The maximum absolute atomic E-state index is 13.3.